The largest absolute Gasteiger partial charge is 0.493 e. The van der Waals surface area contributed by atoms with Crippen LogP contribution in [0.3, 0.4) is 0 Å². The zero-order chi connectivity index (χ0) is 17.5. The summed E-state index contributed by atoms with van der Waals surface area (Å²) in [4.78, 5) is 25.9. The summed E-state index contributed by atoms with van der Waals surface area (Å²) >= 11 is 0. The van der Waals surface area contributed by atoms with Gasteiger partial charge in [0.2, 0.25) is 11.8 Å². The fourth-order valence-electron chi connectivity index (χ4n) is 2.81. The van der Waals surface area contributed by atoms with Crippen molar-refractivity contribution in [1.82, 2.24) is 10.2 Å². The Morgan fingerprint density at radius 1 is 1.17 bits per heavy atom. The summed E-state index contributed by atoms with van der Waals surface area (Å²) in [6, 6.07) is 3.88. The number of benzene rings is 1. The maximum atomic E-state index is 12.3. The van der Waals surface area contributed by atoms with Crippen molar-refractivity contribution in [3.8, 4) is 11.5 Å². The third-order valence-corrected chi connectivity index (χ3v) is 4.24. The summed E-state index contributed by atoms with van der Waals surface area (Å²) in [6.07, 6.45) is 2.60. The molecule has 0 saturated heterocycles. The number of unbranched alkanes of at least 4 members (excludes halogenated alkanes) is 1. The zero-order valence-electron chi connectivity index (χ0n) is 14.7. The van der Waals surface area contributed by atoms with E-state index in [0.717, 1.165) is 30.4 Å². The summed E-state index contributed by atoms with van der Waals surface area (Å²) in [6.45, 7) is 3.80. The Kier molecular flexibility index (Phi) is 6.46. The number of fused-ring (bicyclic) bond motifs is 1. The molecule has 1 N–H and O–H groups in total. The van der Waals surface area contributed by atoms with E-state index in [1.807, 2.05) is 12.1 Å². The third kappa shape index (κ3) is 4.40. The molecule has 1 aliphatic heterocycles. The van der Waals surface area contributed by atoms with Crippen LogP contribution in [-0.4, -0.2) is 44.0 Å². The molecule has 1 heterocycles. The van der Waals surface area contributed by atoms with Gasteiger partial charge in [0.15, 0.2) is 11.5 Å². The minimum Gasteiger partial charge on any atom is -0.493 e. The van der Waals surface area contributed by atoms with Crippen molar-refractivity contribution < 1.29 is 19.1 Å². The lowest BCUT2D eigenvalue weighted by molar-refractivity contribution is -0.136. The SMILES string of the molecule is CCCCNC(=O)CC(=O)N1CCc2cc(OC)c(OC)cc2C1. The van der Waals surface area contributed by atoms with E-state index in [-0.39, 0.29) is 18.2 Å². The first-order chi connectivity index (χ1) is 11.6. The molecule has 6 nitrogen and oxygen atoms in total. The van der Waals surface area contributed by atoms with Crippen LogP contribution >= 0.6 is 0 Å². The highest BCUT2D eigenvalue weighted by Crippen LogP contribution is 2.33. The van der Waals surface area contributed by atoms with E-state index < -0.39 is 0 Å². The van der Waals surface area contributed by atoms with Crippen molar-refractivity contribution in [2.75, 3.05) is 27.3 Å². The molecule has 0 aromatic heterocycles. The number of amides is 2. The topological polar surface area (TPSA) is 67.9 Å². The fourth-order valence-corrected chi connectivity index (χ4v) is 2.81. The molecule has 2 rings (SSSR count). The van der Waals surface area contributed by atoms with Crippen molar-refractivity contribution in [1.29, 1.82) is 0 Å². The van der Waals surface area contributed by atoms with E-state index in [0.29, 0.717) is 31.1 Å². The van der Waals surface area contributed by atoms with Gasteiger partial charge in [-0.1, -0.05) is 13.3 Å². The van der Waals surface area contributed by atoms with E-state index in [4.69, 9.17) is 9.47 Å². The number of carbonyl (C=O) groups is 2. The fraction of sp³-hybridized carbons (Fsp3) is 0.556. The van der Waals surface area contributed by atoms with Crippen LogP contribution in [0, 0.1) is 0 Å². The van der Waals surface area contributed by atoms with Crippen LogP contribution in [0.4, 0.5) is 0 Å². The van der Waals surface area contributed by atoms with Crippen LogP contribution in [-0.2, 0) is 22.6 Å². The summed E-state index contributed by atoms with van der Waals surface area (Å²) in [7, 11) is 3.21. The van der Waals surface area contributed by atoms with E-state index in [1.165, 1.54) is 0 Å². The second-order valence-corrected chi connectivity index (χ2v) is 5.92. The van der Waals surface area contributed by atoms with Gasteiger partial charge in [0.05, 0.1) is 14.2 Å². The number of methoxy groups -OCH3 is 2. The monoisotopic (exact) mass is 334 g/mol. The molecule has 0 bridgehead atoms. The Bertz CT molecular complexity index is 601. The van der Waals surface area contributed by atoms with Crippen LogP contribution < -0.4 is 14.8 Å². The zero-order valence-corrected chi connectivity index (χ0v) is 14.7. The molecule has 0 spiro atoms. The molecule has 1 aromatic carbocycles. The second kappa shape index (κ2) is 8.57. The molecule has 0 unspecified atom stereocenters. The van der Waals surface area contributed by atoms with Gasteiger partial charge >= 0.3 is 0 Å². The Morgan fingerprint density at radius 2 is 1.83 bits per heavy atom. The molecule has 132 valence electrons. The Morgan fingerprint density at radius 3 is 2.46 bits per heavy atom. The lowest BCUT2D eigenvalue weighted by Gasteiger charge is -2.29. The molecular formula is C18H26N2O4. The van der Waals surface area contributed by atoms with Crippen molar-refractivity contribution in [2.45, 2.75) is 39.2 Å². The van der Waals surface area contributed by atoms with E-state index >= 15 is 0 Å². The summed E-state index contributed by atoms with van der Waals surface area (Å²) in [5.41, 5.74) is 2.20. The minimum absolute atomic E-state index is 0.0909. The Hall–Kier alpha value is -2.24. The maximum Gasteiger partial charge on any atom is 0.232 e. The molecule has 1 aliphatic rings. The molecule has 2 amide bonds. The number of hydrogen-bond acceptors (Lipinski definition) is 4. The highest BCUT2D eigenvalue weighted by atomic mass is 16.5. The molecule has 24 heavy (non-hydrogen) atoms. The summed E-state index contributed by atoms with van der Waals surface area (Å²) in [5, 5.41) is 2.78. The van der Waals surface area contributed by atoms with Crippen LogP contribution in [0.1, 0.15) is 37.3 Å². The van der Waals surface area contributed by atoms with Gasteiger partial charge in [-0.3, -0.25) is 9.59 Å². The van der Waals surface area contributed by atoms with Gasteiger partial charge in [-0.2, -0.15) is 0 Å². The first kappa shape index (κ1) is 18.1. The minimum atomic E-state index is -0.202. The van der Waals surface area contributed by atoms with Crippen LogP contribution in [0.15, 0.2) is 12.1 Å². The van der Waals surface area contributed by atoms with Gasteiger partial charge in [0, 0.05) is 19.6 Å². The highest BCUT2D eigenvalue weighted by molar-refractivity contribution is 5.96. The number of rotatable bonds is 7. The van der Waals surface area contributed by atoms with E-state index in [2.05, 4.69) is 12.2 Å². The lowest BCUT2D eigenvalue weighted by Crippen LogP contribution is -2.39. The number of carbonyl (C=O) groups excluding carboxylic acids is 2. The molecule has 0 radical (unpaired) electrons. The predicted molar refractivity (Wildman–Crippen MR) is 91.2 cm³/mol. The van der Waals surface area contributed by atoms with Gasteiger partial charge in [-0.05, 0) is 36.1 Å². The molecule has 1 aromatic rings. The van der Waals surface area contributed by atoms with E-state index in [1.54, 1.807) is 19.1 Å². The predicted octanol–water partition coefficient (Wildman–Crippen LogP) is 1.89. The normalized spacial score (nSPS) is 13.2. The van der Waals surface area contributed by atoms with Gasteiger partial charge in [0.25, 0.3) is 0 Å². The molecule has 0 saturated carbocycles. The molecule has 0 fully saturated rings. The van der Waals surface area contributed by atoms with Crippen molar-refractivity contribution >= 4 is 11.8 Å². The highest BCUT2D eigenvalue weighted by Gasteiger charge is 2.24. The average molecular weight is 334 g/mol. The van der Waals surface area contributed by atoms with Gasteiger partial charge < -0.3 is 19.7 Å². The van der Waals surface area contributed by atoms with Crippen LogP contribution in [0.25, 0.3) is 0 Å². The van der Waals surface area contributed by atoms with Crippen molar-refractivity contribution in [2.24, 2.45) is 0 Å². The number of nitrogens with zero attached hydrogens (tertiary/aromatic N) is 1. The van der Waals surface area contributed by atoms with Gasteiger partial charge in [-0.25, -0.2) is 0 Å². The Labute approximate surface area is 143 Å². The number of nitrogens with one attached hydrogen (secondary N) is 1. The molecule has 6 heteroatoms. The standard InChI is InChI=1S/C18H26N2O4/c1-4-5-7-19-17(21)11-18(22)20-8-6-13-9-15(23-2)16(24-3)10-14(13)12-20/h9-10H,4-8,11-12H2,1-3H3,(H,19,21). The van der Waals surface area contributed by atoms with Crippen molar-refractivity contribution in [3.05, 3.63) is 23.3 Å². The number of hydrogen-bond donors (Lipinski definition) is 1. The van der Waals surface area contributed by atoms with Crippen molar-refractivity contribution in [3.63, 3.8) is 0 Å². The smallest absolute Gasteiger partial charge is 0.232 e. The number of ether oxygens (including phenoxy) is 2. The van der Waals surface area contributed by atoms with Gasteiger partial charge in [-0.15, -0.1) is 0 Å². The summed E-state index contributed by atoms with van der Waals surface area (Å²) < 4.78 is 10.6. The van der Waals surface area contributed by atoms with Gasteiger partial charge in [0.1, 0.15) is 6.42 Å². The van der Waals surface area contributed by atoms with Crippen LogP contribution in [0.5, 0.6) is 11.5 Å². The van der Waals surface area contributed by atoms with E-state index in [9.17, 15) is 9.59 Å². The first-order valence-corrected chi connectivity index (χ1v) is 8.37. The molecule has 0 atom stereocenters. The quantitative estimate of drug-likeness (QED) is 0.611. The summed E-state index contributed by atoms with van der Waals surface area (Å²) in [5.74, 6) is 1.02. The Balaban J connectivity index is 1.98. The third-order valence-electron chi connectivity index (χ3n) is 4.24. The lowest BCUT2D eigenvalue weighted by atomic mass is 9.98. The second-order valence-electron chi connectivity index (χ2n) is 5.92. The van der Waals surface area contributed by atoms with Crippen LogP contribution in [0.2, 0.25) is 0 Å². The average Bonchev–Trinajstić information content (AvgIpc) is 2.60. The molecule has 0 aliphatic carbocycles. The first-order valence-electron chi connectivity index (χ1n) is 8.37. The molecular weight excluding hydrogens is 308 g/mol. The maximum absolute atomic E-state index is 12.3.